The fraction of sp³-hybridized carbons (Fsp3) is 0.214. The summed E-state index contributed by atoms with van der Waals surface area (Å²) in [5.41, 5.74) is 0.953. The zero-order valence-corrected chi connectivity index (χ0v) is 10.8. The zero-order chi connectivity index (χ0) is 14.5. The van der Waals surface area contributed by atoms with E-state index in [0.717, 1.165) is 6.07 Å². The minimum atomic E-state index is -0.617. The number of furan rings is 1. The lowest BCUT2D eigenvalue weighted by Crippen LogP contribution is -2.15. The molecular weight excluding hydrogens is 268 g/mol. The topological polar surface area (TPSA) is 51.5 Å². The highest BCUT2D eigenvalue weighted by Gasteiger charge is 2.15. The third kappa shape index (κ3) is 3.21. The van der Waals surface area contributed by atoms with Gasteiger partial charge in [-0.1, -0.05) is 6.07 Å². The molecule has 6 heteroatoms. The summed E-state index contributed by atoms with van der Waals surface area (Å²) in [4.78, 5) is 11.4. The Balaban J connectivity index is 1.96. The van der Waals surface area contributed by atoms with Crippen LogP contribution in [-0.4, -0.2) is 13.1 Å². The second kappa shape index (κ2) is 6.29. The molecule has 1 aromatic carbocycles. The maximum atomic E-state index is 13.4. The Hall–Kier alpha value is -2.21. The molecular formula is C14H13F2NO3. The monoisotopic (exact) mass is 281 g/mol. The van der Waals surface area contributed by atoms with E-state index in [0.29, 0.717) is 17.7 Å². The van der Waals surface area contributed by atoms with Crippen molar-refractivity contribution in [2.24, 2.45) is 0 Å². The molecule has 0 amide bonds. The van der Waals surface area contributed by atoms with Gasteiger partial charge in [0.25, 0.3) is 0 Å². The van der Waals surface area contributed by atoms with Crippen LogP contribution in [0.5, 0.6) is 0 Å². The molecule has 0 aliphatic rings. The molecule has 0 spiro atoms. The second-order valence-corrected chi connectivity index (χ2v) is 4.11. The van der Waals surface area contributed by atoms with E-state index in [1.54, 1.807) is 6.07 Å². The van der Waals surface area contributed by atoms with Gasteiger partial charge in [0.2, 0.25) is 5.76 Å². The van der Waals surface area contributed by atoms with Crippen molar-refractivity contribution in [2.45, 2.75) is 13.1 Å². The van der Waals surface area contributed by atoms with Crippen LogP contribution in [-0.2, 0) is 17.8 Å². The molecule has 1 heterocycles. The molecule has 0 saturated heterocycles. The van der Waals surface area contributed by atoms with Crippen LogP contribution in [0.4, 0.5) is 8.78 Å². The third-order valence-electron chi connectivity index (χ3n) is 2.76. The van der Waals surface area contributed by atoms with Gasteiger partial charge in [-0.15, -0.1) is 0 Å². The van der Waals surface area contributed by atoms with E-state index in [1.165, 1.54) is 25.5 Å². The first-order valence-corrected chi connectivity index (χ1v) is 5.91. The van der Waals surface area contributed by atoms with Crippen LogP contribution in [0.1, 0.15) is 21.7 Å². The Morgan fingerprint density at radius 1 is 1.25 bits per heavy atom. The number of hydrogen-bond acceptors (Lipinski definition) is 4. The van der Waals surface area contributed by atoms with Crippen LogP contribution in [0.3, 0.4) is 0 Å². The molecule has 106 valence electrons. The Kier molecular flexibility index (Phi) is 4.47. The average molecular weight is 281 g/mol. The largest absolute Gasteiger partial charge is 0.463 e. The number of nitrogens with one attached hydrogen (secondary N) is 1. The predicted octanol–water partition coefficient (Wildman–Crippen LogP) is 2.63. The summed E-state index contributed by atoms with van der Waals surface area (Å²) in [6.45, 7) is 0.510. The number of carbonyl (C=O) groups is 1. The summed E-state index contributed by atoms with van der Waals surface area (Å²) in [6.07, 6.45) is 1.38. The zero-order valence-electron chi connectivity index (χ0n) is 10.8. The van der Waals surface area contributed by atoms with Gasteiger partial charge in [0.1, 0.15) is 11.6 Å². The van der Waals surface area contributed by atoms with Gasteiger partial charge in [0, 0.05) is 30.3 Å². The fourth-order valence-electron chi connectivity index (χ4n) is 1.74. The summed E-state index contributed by atoms with van der Waals surface area (Å²) in [5, 5.41) is 2.95. The normalized spacial score (nSPS) is 10.6. The van der Waals surface area contributed by atoms with Crippen LogP contribution in [0, 0.1) is 11.6 Å². The predicted molar refractivity (Wildman–Crippen MR) is 66.9 cm³/mol. The quantitative estimate of drug-likeness (QED) is 0.856. The van der Waals surface area contributed by atoms with Crippen molar-refractivity contribution in [1.82, 2.24) is 5.32 Å². The Morgan fingerprint density at radius 3 is 2.70 bits per heavy atom. The highest BCUT2D eigenvalue weighted by Crippen LogP contribution is 2.13. The number of ether oxygens (including phenoxy) is 1. The number of esters is 1. The van der Waals surface area contributed by atoms with E-state index in [4.69, 9.17) is 4.42 Å². The summed E-state index contributed by atoms with van der Waals surface area (Å²) in [7, 11) is 1.26. The maximum absolute atomic E-state index is 13.4. The smallest absolute Gasteiger partial charge is 0.374 e. The molecule has 0 saturated carbocycles. The van der Waals surface area contributed by atoms with Crippen molar-refractivity contribution in [1.29, 1.82) is 0 Å². The second-order valence-electron chi connectivity index (χ2n) is 4.11. The van der Waals surface area contributed by atoms with Crippen LogP contribution >= 0.6 is 0 Å². The minimum absolute atomic E-state index is 0.111. The van der Waals surface area contributed by atoms with Gasteiger partial charge >= 0.3 is 5.97 Å². The van der Waals surface area contributed by atoms with Crippen LogP contribution in [0.2, 0.25) is 0 Å². The van der Waals surface area contributed by atoms with Crippen molar-refractivity contribution in [3.05, 3.63) is 59.1 Å². The fourth-order valence-corrected chi connectivity index (χ4v) is 1.74. The number of rotatable bonds is 5. The van der Waals surface area contributed by atoms with Gasteiger partial charge in [0.15, 0.2) is 0 Å². The Bertz CT molecular complexity index is 610. The van der Waals surface area contributed by atoms with Crippen molar-refractivity contribution in [2.75, 3.05) is 7.11 Å². The van der Waals surface area contributed by atoms with E-state index in [-0.39, 0.29) is 12.3 Å². The van der Waals surface area contributed by atoms with E-state index >= 15 is 0 Å². The molecule has 1 N–H and O–H groups in total. The van der Waals surface area contributed by atoms with Gasteiger partial charge in [-0.2, -0.15) is 0 Å². The first-order chi connectivity index (χ1) is 9.61. The number of hydrogen-bond donors (Lipinski definition) is 1. The lowest BCUT2D eigenvalue weighted by Gasteiger charge is -2.06. The van der Waals surface area contributed by atoms with E-state index in [2.05, 4.69) is 10.1 Å². The molecule has 0 aliphatic heterocycles. The molecule has 0 radical (unpaired) electrons. The molecule has 0 aliphatic carbocycles. The summed E-state index contributed by atoms with van der Waals surface area (Å²) in [5.74, 6) is -1.69. The summed E-state index contributed by atoms with van der Waals surface area (Å²) < 4.78 is 35.7. The lowest BCUT2D eigenvalue weighted by molar-refractivity contribution is 0.0563. The highest BCUT2D eigenvalue weighted by molar-refractivity contribution is 5.87. The number of benzene rings is 1. The standard InChI is InChI=1S/C14H13F2NO3/c1-19-14(18)13-10(4-5-20-13)8-17-7-9-2-3-11(15)6-12(9)16/h2-6,17H,7-8H2,1H3. The first kappa shape index (κ1) is 14.2. The molecule has 0 unspecified atom stereocenters. The van der Waals surface area contributed by atoms with Gasteiger partial charge < -0.3 is 14.5 Å². The molecule has 0 bridgehead atoms. The molecule has 2 rings (SSSR count). The van der Waals surface area contributed by atoms with Gasteiger partial charge in [-0.25, -0.2) is 13.6 Å². The van der Waals surface area contributed by atoms with Gasteiger partial charge in [-0.05, 0) is 12.1 Å². The van der Waals surface area contributed by atoms with Gasteiger partial charge in [-0.3, -0.25) is 0 Å². The molecule has 2 aromatic rings. The first-order valence-electron chi connectivity index (χ1n) is 5.91. The van der Waals surface area contributed by atoms with Crippen molar-refractivity contribution in [3.8, 4) is 0 Å². The lowest BCUT2D eigenvalue weighted by atomic mass is 10.2. The third-order valence-corrected chi connectivity index (χ3v) is 2.76. The number of halogens is 2. The van der Waals surface area contributed by atoms with Crippen LogP contribution in [0.15, 0.2) is 34.9 Å². The van der Waals surface area contributed by atoms with Crippen molar-refractivity contribution < 1.29 is 22.7 Å². The summed E-state index contributed by atoms with van der Waals surface area (Å²) >= 11 is 0. The number of methoxy groups -OCH3 is 1. The maximum Gasteiger partial charge on any atom is 0.374 e. The summed E-state index contributed by atoms with van der Waals surface area (Å²) in [6, 6.07) is 5.01. The van der Waals surface area contributed by atoms with E-state index in [1.807, 2.05) is 0 Å². The Morgan fingerprint density at radius 2 is 2.00 bits per heavy atom. The molecule has 4 nitrogen and oxygen atoms in total. The molecule has 0 fully saturated rings. The van der Waals surface area contributed by atoms with E-state index in [9.17, 15) is 13.6 Å². The highest BCUT2D eigenvalue weighted by atomic mass is 19.1. The average Bonchev–Trinajstić information content (AvgIpc) is 2.89. The number of carbonyl (C=O) groups excluding carboxylic acids is 1. The SMILES string of the molecule is COC(=O)c1occc1CNCc1ccc(F)cc1F. The van der Waals surface area contributed by atoms with Crippen molar-refractivity contribution in [3.63, 3.8) is 0 Å². The van der Waals surface area contributed by atoms with Crippen LogP contribution in [0.25, 0.3) is 0 Å². The van der Waals surface area contributed by atoms with Crippen LogP contribution < -0.4 is 5.32 Å². The molecule has 1 aromatic heterocycles. The molecule has 20 heavy (non-hydrogen) atoms. The van der Waals surface area contributed by atoms with E-state index < -0.39 is 17.6 Å². The van der Waals surface area contributed by atoms with Crippen molar-refractivity contribution >= 4 is 5.97 Å². The molecule has 0 atom stereocenters. The van der Waals surface area contributed by atoms with Gasteiger partial charge in [0.05, 0.1) is 13.4 Å². The Labute approximate surface area is 114 Å². The minimum Gasteiger partial charge on any atom is -0.463 e.